The fourth-order valence-corrected chi connectivity index (χ4v) is 3.37. The van der Waals surface area contributed by atoms with Crippen LogP contribution in [-0.4, -0.2) is 75.0 Å². The van der Waals surface area contributed by atoms with Gasteiger partial charge in [-0.15, -0.1) is 0 Å². The van der Waals surface area contributed by atoms with Gasteiger partial charge in [-0.25, -0.2) is 0 Å². The van der Waals surface area contributed by atoms with E-state index >= 15 is 0 Å². The van der Waals surface area contributed by atoms with Gasteiger partial charge in [-0.2, -0.15) is 0 Å². The van der Waals surface area contributed by atoms with E-state index in [-0.39, 0.29) is 12.5 Å². The quantitative estimate of drug-likeness (QED) is 0.715. The number of piperazine rings is 1. The Bertz CT molecular complexity index is 694. The molecule has 2 aliphatic heterocycles. The number of nitrogens with zero attached hydrogens (tertiary/aromatic N) is 2. The lowest BCUT2D eigenvalue weighted by molar-refractivity contribution is -0.144. The summed E-state index contributed by atoms with van der Waals surface area (Å²) in [6.07, 6.45) is 0.675. The molecule has 8 heteroatoms. The van der Waals surface area contributed by atoms with Crippen molar-refractivity contribution >= 4 is 23.3 Å². The molecule has 1 aromatic rings. The van der Waals surface area contributed by atoms with E-state index in [1.54, 1.807) is 12.0 Å². The summed E-state index contributed by atoms with van der Waals surface area (Å²) in [5.74, 6) is -0.732. The summed E-state index contributed by atoms with van der Waals surface area (Å²) < 4.78 is 10.6. The predicted molar refractivity (Wildman–Crippen MR) is 98.8 cm³/mol. The number of benzene rings is 1. The number of hydrogen-bond acceptors (Lipinski definition) is 6. The summed E-state index contributed by atoms with van der Waals surface area (Å²) in [4.78, 5) is 40.0. The van der Waals surface area contributed by atoms with Crippen LogP contribution in [0.15, 0.2) is 24.3 Å². The molecule has 0 aliphatic carbocycles. The second kappa shape index (κ2) is 8.85. The van der Waals surface area contributed by atoms with Crippen LogP contribution in [0.5, 0.6) is 5.75 Å². The third kappa shape index (κ3) is 4.57. The first-order valence-corrected chi connectivity index (χ1v) is 9.19. The number of nitrogens with one attached hydrogen (secondary N) is 1. The third-order valence-corrected chi connectivity index (χ3v) is 4.90. The van der Waals surface area contributed by atoms with Gasteiger partial charge in [-0.1, -0.05) is 12.1 Å². The standard InChI is InChI=1S/C19H25N3O5/c1-26-15-6-3-2-5-14(15)21-8-10-22(11-9-21)17(23)13-20-19(25)18(24)16-7-4-12-27-16/h2-3,5-6,16H,4,7-13H2,1H3,(H,20,25). The number of carbonyl (C=O) groups is 3. The van der Waals surface area contributed by atoms with Crippen LogP contribution in [-0.2, 0) is 19.1 Å². The number of carbonyl (C=O) groups excluding carboxylic acids is 3. The van der Waals surface area contributed by atoms with Crippen molar-refractivity contribution in [3.8, 4) is 5.75 Å². The number of para-hydroxylation sites is 2. The molecule has 2 fully saturated rings. The smallest absolute Gasteiger partial charge is 0.290 e. The molecule has 2 heterocycles. The van der Waals surface area contributed by atoms with Gasteiger partial charge in [0, 0.05) is 32.8 Å². The molecule has 0 bridgehead atoms. The number of methoxy groups -OCH3 is 1. The van der Waals surface area contributed by atoms with E-state index in [2.05, 4.69) is 10.2 Å². The molecule has 0 radical (unpaired) electrons. The normalized spacial score (nSPS) is 19.7. The molecule has 146 valence electrons. The van der Waals surface area contributed by atoms with Crippen molar-refractivity contribution in [1.82, 2.24) is 10.2 Å². The molecule has 27 heavy (non-hydrogen) atoms. The number of amides is 2. The van der Waals surface area contributed by atoms with E-state index in [4.69, 9.17) is 9.47 Å². The molecule has 0 spiro atoms. The predicted octanol–water partition coefficient (Wildman–Crippen LogP) is 0.208. The number of hydrogen-bond donors (Lipinski definition) is 1. The minimum absolute atomic E-state index is 0.175. The fourth-order valence-electron chi connectivity index (χ4n) is 3.37. The Kier molecular flexibility index (Phi) is 6.28. The molecular formula is C19H25N3O5. The van der Waals surface area contributed by atoms with Gasteiger partial charge in [-0.3, -0.25) is 14.4 Å². The van der Waals surface area contributed by atoms with Gasteiger partial charge < -0.3 is 24.6 Å². The number of ether oxygens (including phenoxy) is 2. The molecule has 0 aromatic heterocycles. The molecule has 8 nitrogen and oxygen atoms in total. The van der Waals surface area contributed by atoms with E-state index in [1.807, 2.05) is 24.3 Å². The minimum Gasteiger partial charge on any atom is -0.495 e. The van der Waals surface area contributed by atoms with Crippen molar-refractivity contribution in [2.24, 2.45) is 0 Å². The Hall–Kier alpha value is -2.61. The second-order valence-electron chi connectivity index (χ2n) is 6.59. The maximum atomic E-state index is 12.3. The van der Waals surface area contributed by atoms with Crippen molar-refractivity contribution in [2.45, 2.75) is 18.9 Å². The summed E-state index contributed by atoms with van der Waals surface area (Å²) in [5.41, 5.74) is 1.00. The zero-order chi connectivity index (χ0) is 19.2. The second-order valence-corrected chi connectivity index (χ2v) is 6.59. The lowest BCUT2D eigenvalue weighted by Gasteiger charge is -2.36. The van der Waals surface area contributed by atoms with Gasteiger partial charge in [0.1, 0.15) is 11.9 Å². The average molecular weight is 375 g/mol. The highest BCUT2D eigenvalue weighted by molar-refractivity contribution is 6.38. The molecule has 1 atom stereocenters. The van der Waals surface area contributed by atoms with Crippen LogP contribution in [0.4, 0.5) is 5.69 Å². The van der Waals surface area contributed by atoms with E-state index in [1.165, 1.54) is 0 Å². The van der Waals surface area contributed by atoms with Gasteiger partial charge in [-0.05, 0) is 25.0 Å². The van der Waals surface area contributed by atoms with Gasteiger partial charge in [0.25, 0.3) is 5.91 Å². The van der Waals surface area contributed by atoms with Crippen molar-refractivity contribution in [2.75, 3.05) is 51.3 Å². The largest absolute Gasteiger partial charge is 0.495 e. The lowest BCUT2D eigenvalue weighted by Crippen LogP contribution is -2.52. The van der Waals surface area contributed by atoms with Crippen molar-refractivity contribution in [1.29, 1.82) is 0 Å². The summed E-state index contributed by atoms with van der Waals surface area (Å²) in [6.45, 7) is 2.77. The van der Waals surface area contributed by atoms with E-state index in [0.29, 0.717) is 39.2 Å². The highest BCUT2D eigenvalue weighted by Crippen LogP contribution is 2.28. The molecule has 0 saturated carbocycles. The van der Waals surface area contributed by atoms with Crippen molar-refractivity contribution in [3.05, 3.63) is 24.3 Å². The number of rotatable bonds is 6. The van der Waals surface area contributed by atoms with Crippen LogP contribution in [0.1, 0.15) is 12.8 Å². The zero-order valence-electron chi connectivity index (χ0n) is 15.5. The lowest BCUT2D eigenvalue weighted by atomic mass is 10.1. The first-order valence-electron chi connectivity index (χ1n) is 9.19. The minimum atomic E-state index is -0.747. The van der Waals surface area contributed by atoms with Crippen molar-refractivity contribution < 1.29 is 23.9 Å². The van der Waals surface area contributed by atoms with Crippen LogP contribution >= 0.6 is 0 Å². The topological polar surface area (TPSA) is 88.2 Å². The summed E-state index contributed by atoms with van der Waals surface area (Å²) in [6, 6.07) is 7.78. The van der Waals surface area contributed by atoms with Crippen LogP contribution in [0.3, 0.4) is 0 Å². The fraction of sp³-hybridized carbons (Fsp3) is 0.526. The Balaban J connectivity index is 1.45. The summed E-state index contributed by atoms with van der Waals surface area (Å²) >= 11 is 0. The Morgan fingerprint density at radius 1 is 1.19 bits per heavy atom. The maximum absolute atomic E-state index is 12.3. The molecule has 2 aliphatic rings. The SMILES string of the molecule is COc1ccccc1N1CCN(C(=O)CNC(=O)C(=O)C2CCCO2)CC1. The van der Waals surface area contributed by atoms with Crippen LogP contribution in [0, 0.1) is 0 Å². The highest BCUT2D eigenvalue weighted by atomic mass is 16.5. The summed E-state index contributed by atoms with van der Waals surface area (Å²) in [7, 11) is 1.64. The van der Waals surface area contributed by atoms with Crippen LogP contribution in [0.2, 0.25) is 0 Å². The van der Waals surface area contributed by atoms with Crippen LogP contribution in [0.25, 0.3) is 0 Å². The van der Waals surface area contributed by atoms with Crippen molar-refractivity contribution in [3.63, 3.8) is 0 Å². The number of anilines is 1. The highest BCUT2D eigenvalue weighted by Gasteiger charge is 2.30. The molecular weight excluding hydrogens is 350 g/mol. The van der Waals surface area contributed by atoms with Gasteiger partial charge >= 0.3 is 0 Å². The Labute approximate surface area is 158 Å². The van der Waals surface area contributed by atoms with Gasteiger partial charge in [0.15, 0.2) is 0 Å². The first-order chi connectivity index (χ1) is 13.1. The Morgan fingerprint density at radius 3 is 2.59 bits per heavy atom. The number of Topliss-reactive ketones (excluding diaryl/α,β-unsaturated/α-hetero) is 1. The van der Waals surface area contributed by atoms with Crippen LogP contribution < -0.4 is 15.0 Å². The zero-order valence-corrected chi connectivity index (χ0v) is 15.5. The molecule has 2 saturated heterocycles. The monoisotopic (exact) mass is 375 g/mol. The van der Waals surface area contributed by atoms with Gasteiger partial charge in [0.2, 0.25) is 11.7 Å². The van der Waals surface area contributed by atoms with E-state index < -0.39 is 17.8 Å². The van der Waals surface area contributed by atoms with E-state index in [9.17, 15) is 14.4 Å². The first kappa shape index (κ1) is 19.2. The average Bonchev–Trinajstić information content (AvgIpc) is 3.26. The molecule has 1 N–H and O–H groups in total. The number of ketones is 1. The van der Waals surface area contributed by atoms with E-state index in [0.717, 1.165) is 17.9 Å². The Morgan fingerprint density at radius 2 is 1.93 bits per heavy atom. The molecule has 3 rings (SSSR count). The van der Waals surface area contributed by atoms with Gasteiger partial charge in [0.05, 0.1) is 19.3 Å². The molecule has 1 aromatic carbocycles. The maximum Gasteiger partial charge on any atom is 0.290 e. The summed E-state index contributed by atoms with van der Waals surface area (Å²) in [5, 5.41) is 2.42. The molecule has 2 amide bonds. The third-order valence-electron chi connectivity index (χ3n) is 4.90. The molecule has 1 unspecified atom stereocenters.